The van der Waals surface area contributed by atoms with Gasteiger partial charge in [-0.1, -0.05) is 11.6 Å². The number of hydrogen-bond acceptors (Lipinski definition) is 6. The summed E-state index contributed by atoms with van der Waals surface area (Å²) in [5, 5.41) is 16.5. The van der Waals surface area contributed by atoms with Gasteiger partial charge in [-0.25, -0.2) is 4.98 Å². The zero-order valence-electron chi connectivity index (χ0n) is 12.3. The smallest absolute Gasteiger partial charge is 0.311 e. The predicted molar refractivity (Wildman–Crippen MR) is 92.6 cm³/mol. The number of ether oxygens (including phenoxy) is 1. The lowest BCUT2D eigenvalue weighted by molar-refractivity contribution is -0.385. The number of amides is 1. The van der Waals surface area contributed by atoms with Gasteiger partial charge < -0.3 is 10.1 Å². The zero-order chi connectivity index (χ0) is 17.7. The van der Waals surface area contributed by atoms with E-state index in [4.69, 9.17) is 28.6 Å². The Kier molecular flexibility index (Phi) is 5.61. The molecule has 124 valence electrons. The maximum Gasteiger partial charge on any atom is 0.311 e. The van der Waals surface area contributed by atoms with Gasteiger partial charge in [0.25, 0.3) is 5.91 Å². The number of carbonyl (C=O) groups excluding carboxylic acids is 1. The SMILES string of the molecule is COc1ccc(C(=O)NC(=S)Nc2ccc(Cl)cn2)cc1[N+](=O)[O-]. The predicted octanol–water partition coefficient (Wildman–Crippen LogP) is 2.78. The number of halogens is 1. The lowest BCUT2D eigenvalue weighted by Gasteiger charge is -2.09. The van der Waals surface area contributed by atoms with Crippen molar-refractivity contribution in [3.8, 4) is 5.75 Å². The first-order chi connectivity index (χ1) is 11.4. The number of aromatic nitrogens is 1. The Morgan fingerprint density at radius 2 is 2.12 bits per heavy atom. The van der Waals surface area contributed by atoms with Crippen molar-refractivity contribution in [2.45, 2.75) is 0 Å². The van der Waals surface area contributed by atoms with Crippen molar-refractivity contribution in [1.29, 1.82) is 0 Å². The second-order valence-corrected chi connectivity index (χ2v) is 5.26. The Hall–Kier alpha value is -2.78. The van der Waals surface area contributed by atoms with E-state index in [1.165, 1.54) is 25.4 Å². The quantitative estimate of drug-likeness (QED) is 0.486. The number of pyridine rings is 1. The molecule has 0 aliphatic rings. The van der Waals surface area contributed by atoms with Crippen LogP contribution in [0.15, 0.2) is 36.5 Å². The summed E-state index contributed by atoms with van der Waals surface area (Å²) in [6.45, 7) is 0. The van der Waals surface area contributed by atoms with Crippen molar-refractivity contribution in [3.05, 3.63) is 57.2 Å². The molecule has 1 aromatic heterocycles. The van der Waals surface area contributed by atoms with Crippen LogP contribution in [0.3, 0.4) is 0 Å². The number of carbonyl (C=O) groups is 1. The molecule has 2 aromatic rings. The maximum atomic E-state index is 12.1. The van der Waals surface area contributed by atoms with E-state index in [-0.39, 0.29) is 22.1 Å². The lowest BCUT2D eigenvalue weighted by atomic mass is 10.2. The number of hydrogen-bond donors (Lipinski definition) is 2. The standard InChI is InChI=1S/C14H11ClN4O4S/c1-23-11-4-2-8(6-10(11)19(21)22)13(20)18-14(24)17-12-5-3-9(15)7-16-12/h2-7H,1H3,(H2,16,17,18,20,24). The molecule has 24 heavy (non-hydrogen) atoms. The number of nitro benzene ring substituents is 1. The fourth-order valence-electron chi connectivity index (χ4n) is 1.75. The Labute approximate surface area is 146 Å². The van der Waals surface area contributed by atoms with Crippen LogP contribution in [0.25, 0.3) is 0 Å². The van der Waals surface area contributed by atoms with Crippen LogP contribution in [0.4, 0.5) is 11.5 Å². The summed E-state index contributed by atoms with van der Waals surface area (Å²) in [7, 11) is 1.31. The minimum atomic E-state index is -0.635. The molecule has 0 saturated heterocycles. The first-order valence-corrected chi connectivity index (χ1v) is 7.25. The van der Waals surface area contributed by atoms with E-state index in [1.807, 2.05) is 0 Å². The van der Waals surface area contributed by atoms with Crippen LogP contribution in [0.5, 0.6) is 5.75 Å². The lowest BCUT2D eigenvalue weighted by Crippen LogP contribution is -2.34. The van der Waals surface area contributed by atoms with Crippen LogP contribution in [0.2, 0.25) is 5.02 Å². The van der Waals surface area contributed by atoms with Gasteiger partial charge >= 0.3 is 5.69 Å². The molecule has 0 fully saturated rings. The third-order valence-corrected chi connectivity index (χ3v) is 3.26. The molecule has 0 saturated carbocycles. The first kappa shape index (κ1) is 17.6. The van der Waals surface area contributed by atoms with Crippen LogP contribution in [-0.2, 0) is 0 Å². The highest BCUT2D eigenvalue weighted by Crippen LogP contribution is 2.27. The molecule has 1 aromatic carbocycles. The van der Waals surface area contributed by atoms with Gasteiger partial charge in [0, 0.05) is 17.8 Å². The summed E-state index contributed by atoms with van der Waals surface area (Å²) >= 11 is 10.7. The Morgan fingerprint density at radius 1 is 1.38 bits per heavy atom. The average Bonchev–Trinajstić information content (AvgIpc) is 2.56. The summed E-state index contributed by atoms with van der Waals surface area (Å²) in [4.78, 5) is 26.4. The Bertz CT molecular complexity index is 798. The summed E-state index contributed by atoms with van der Waals surface area (Å²) in [5.41, 5.74) is -0.251. The third kappa shape index (κ3) is 4.37. The van der Waals surface area contributed by atoms with Crippen LogP contribution in [0.1, 0.15) is 10.4 Å². The number of thiocarbonyl (C=S) groups is 1. The number of benzene rings is 1. The van der Waals surface area contributed by atoms with E-state index < -0.39 is 10.8 Å². The van der Waals surface area contributed by atoms with Crippen molar-refractivity contribution in [1.82, 2.24) is 10.3 Å². The number of rotatable bonds is 4. The molecule has 2 rings (SSSR count). The minimum Gasteiger partial charge on any atom is -0.490 e. The van der Waals surface area contributed by atoms with E-state index in [1.54, 1.807) is 12.1 Å². The molecule has 2 N–H and O–H groups in total. The van der Waals surface area contributed by atoms with E-state index in [0.29, 0.717) is 10.8 Å². The number of methoxy groups -OCH3 is 1. The maximum absolute atomic E-state index is 12.1. The topological polar surface area (TPSA) is 106 Å². The van der Waals surface area contributed by atoms with Gasteiger partial charge in [0.2, 0.25) is 0 Å². The van der Waals surface area contributed by atoms with Gasteiger partial charge in [0.05, 0.1) is 17.1 Å². The number of nitrogens with zero attached hydrogens (tertiary/aromatic N) is 2. The summed E-state index contributed by atoms with van der Waals surface area (Å²) in [6, 6.07) is 7.03. The highest BCUT2D eigenvalue weighted by atomic mass is 35.5. The molecule has 0 radical (unpaired) electrons. The molecular formula is C14H11ClN4O4S. The zero-order valence-corrected chi connectivity index (χ0v) is 13.9. The van der Waals surface area contributed by atoms with Crippen molar-refractivity contribution in [3.63, 3.8) is 0 Å². The van der Waals surface area contributed by atoms with Crippen molar-refractivity contribution in [2.24, 2.45) is 0 Å². The fourth-order valence-corrected chi connectivity index (χ4v) is 2.06. The molecule has 0 atom stereocenters. The summed E-state index contributed by atoms with van der Waals surface area (Å²) in [6.07, 6.45) is 1.42. The van der Waals surface area contributed by atoms with Crippen LogP contribution in [0, 0.1) is 10.1 Å². The fraction of sp³-hybridized carbons (Fsp3) is 0.0714. The highest BCUT2D eigenvalue weighted by Gasteiger charge is 2.18. The first-order valence-electron chi connectivity index (χ1n) is 6.47. The molecule has 0 unspecified atom stereocenters. The van der Waals surface area contributed by atoms with Crippen molar-refractivity contribution in [2.75, 3.05) is 12.4 Å². The second-order valence-electron chi connectivity index (χ2n) is 4.41. The van der Waals surface area contributed by atoms with Crippen molar-refractivity contribution < 1.29 is 14.5 Å². The van der Waals surface area contributed by atoms with Crippen LogP contribution < -0.4 is 15.4 Å². The molecule has 1 amide bonds. The van der Waals surface area contributed by atoms with Crippen LogP contribution in [-0.4, -0.2) is 28.0 Å². The van der Waals surface area contributed by atoms with Crippen molar-refractivity contribution >= 4 is 46.3 Å². The van der Waals surface area contributed by atoms with Crippen LogP contribution >= 0.6 is 23.8 Å². The molecule has 10 heteroatoms. The number of nitro groups is 1. The average molecular weight is 367 g/mol. The largest absolute Gasteiger partial charge is 0.490 e. The van der Waals surface area contributed by atoms with E-state index in [2.05, 4.69) is 15.6 Å². The van der Waals surface area contributed by atoms with Gasteiger partial charge in [-0.3, -0.25) is 20.2 Å². The molecular weight excluding hydrogens is 356 g/mol. The normalized spacial score (nSPS) is 9.92. The molecule has 1 heterocycles. The van der Waals surface area contributed by atoms with Gasteiger partial charge in [0.15, 0.2) is 10.9 Å². The highest BCUT2D eigenvalue weighted by molar-refractivity contribution is 7.80. The van der Waals surface area contributed by atoms with E-state index in [9.17, 15) is 14.9 Å². The summed E-state index contributed by atoms with van der Waals surface area (Å²) in [5.74, 6) is -0.153. The summed E-state index contributed by atoms with van der Waals surface area (Å²) < 4.78 is 4.88. The third-order valence-electron chi connectivity index (χ3n) is 2.83. The number of anilines is 1. The van der Waals surface area contributed by atoms with Gasteiger partial charge in [-0.05, 0) is 36.5 Å². The Morgan fingerprint density at radius 3 is 2.71 bits per heavy atom. The monoisotopic (exact) mass is 366 g/mol. The number of nitrogens with one attached hydrogen (secondary N) is 2. The van der Waals surface area contributed by atoms with Gasteiger partial charge in [-0.15, -0.1) is 0 Å². The Balaban J connectivity index is 2.08. The molecule has 8 nitrogen and oxygen atoms in total. The molecule has 0 aliphatic heterocycles. The second kappa shape index (κ2) is 7.66. The molecule has 0 bridgehead atoms. The molecule has 0 aliphatic carbocycles. The van der Waals surface area contributed by atoms with Gasteiger partial charge in [0.1, 0.15) is 5.82 Å². The minimum absolute atomic E-state index is 0.00621. The van der Waals surface area contributed by atoms with E-state index >= 15 is 0 Å². The van der Waals surface area contributed by atoms with E-state index in [0.717, 1.165) is 6.07 Å². The molecule has 0 spiro atoms. The van der Waals surface area contributed by atoms with Gasteiger partial charge in [-0.2, -0.15) is 0 Å².